The number of carbonyl (C=O) groups excluding carboxylic acids is 2. The normalized spacial score (nSPS) is 13.2. The van der Waals surface area contributed by atoms with Gasteiger partial charge in [-0.25, -0.2) is 4.79 Å². The molecule has 0 aromatic heterocycles. The fraction of sp³-hybridized carbons (Fsp3) is 0.190. The third-order valence-electron chi connectivity index (χ3n) is 4.36. The number of para-hydroxylation sites is 1. The summed E-state index contributed by atoms with van der Waals surface area (Å²) in [5.41, 5.74) is 2.72. The number of hydrogen-bond donors (Lipinski definition) is 2. The summed E-state index contributed by atoms with van der Waals surface area (Å²) in [6.07, 6.45) is 1.92. The number of nitrogens with zero attached hydrogens (tertiary/aromatic N) is 1. The molecule has 3 rings (SSSR count). The van der Waals surface area contributed by atoms with E-state index in [1.165, 1.54) is 24.2 Å². The van der Waals surface area contributed by atoms with Crippen LogP contribution in [0, 0.1) is 0 Å². The van der Waals surface area contributed by atoms with Crippen molar-refractivity contribution in [1.29, 1.82) is 0 Å². The monoisotopic (exact) mass is 396 g/mol. The van der Waals surface area contributed by atoms with Gasteiger partial charge in [0.2, 0.25) is 11.8 Å². The van der Waals surface area contributed by atoms with Gasteiger partial charge in [-0.15, -0.1) is 11.8 Å². The lowest BCUT2D eigenvalue weighted by atomic mass is 10.2. The number of thioether (sulfide) groups is 1. The number of nitrogens with one attached hydrogen (secondary N) is 1. The highest BCUT2D eigenvalue weighted by Gasteiger charge is 2.23. The van der Waals surface area contributed by atoms with Crippen molar-refractivity contribution < 1.29 is 19.5 Å². The zero-order valence-corrected chi connectivity index (χ0v) is 16.2. The minimum absolute atomic E-state index is 0.0355. The third kappa shape index (κ3) is 4.80. The average molecular weight is 396 g/mol. The van der Waals surface area contributed by atoms with Gasteiger partial charge in [-0.1, -0.05) is 18.2 Å². The number of carboxylic acids is 1. The van der Waals surface area contributed by atoms with Gasteiger partial charge in [-0.3, -0.25) is 9.59 Å². The van der Waals surface area contributed by atoms with Gasteiger partial charge >= 0.3 is 5.97 Å². The topological polar surface area (TPSA) is 86.7 Å². The maximum absolute atomic E-state index is 12.5. The lowest BCUT2D eigenvalue weighted by Gasteiger charge is -2.17. The first-order valence-electron chi connectivity index (χ1n) is 8.78. The van der Waals surface area contributed by atoms with Gasteiger partial charge in [-0.05, 0) is 49.2 Å². The van der Waals surface area contributed by atoms with E-state index in [1.54, 1.807) is 12.1 Å². The van der Waals surface area contributed by atoms with E-state index in [9.17, 15) is 14.4 Å². The standard InChI is InChI=1S/C21H20N2O4S/c1-14(21(26)27)12-19(24)22-16-6-8-17(9-7-16)28-13-20(25)23-11-10-15-4-2-3-5-18(15)23/h2-9,12H,10-11,13H2,1H3,(H,22,24)(H,26,27)/b14-12-. The van der Waals surface area contributed by atoms with Crippen molar-refractivity contribution in [3.05, 3.63) is 65.7 Å². The maximum atomic E-state index is 12.5. The number of hydrogen-bond acceptors (Lipinski definition) is 4. The predicted octanol–water partition coefficient (Wildman–Crippen LogP) is 3.34. The number of amides is 2. The highest BCUT2D eigenvalue weighted by atomic mass is 32.2. The van der Waals surface area contributed by atoms with Gasteiger partial charge < -0.3 is 15.3 Å². The molecule has 144 valence electrons. The van der Waals surface area contributed by atoms with Crippen LogP contribution in [0.1, 0.15) is 12.5 Å². The summed E-state index contributed by atoms with van der Waals surface area (Å²) >= 11 is 1.44. The Kier molecular flexibility index (Phi) is 6.16. The molecular formula is C21H20N2O4S. The Morgan fingerprint density at radius 1 is 1.14 bits per heavy atom. The van der Waals surface area contributed by atoms with Crippen LogP contribution in [0.4, 0.5) is 11.4 Å². The van der Waals surface area contributed by atoms with Crippen LogP contribution in [0.25, 0.3) is 0 Å². The molecule has 0 radical (unpaired) electrons. The van der Waals surface area contributed by atoms with E-state index in [0.717, 1.165) is 23.1 Å². The zero-order valence-electron chi connectivity index (χ0n) is 15.3. The second kappa shape index (κ2) is 8.75. The van der Waals surface area contributed by atoms with Crippen LogP contribution in [-0.4, -0.2) is 35.2 Å². The molecule has 0 atom stereocenters. The molecule has 0 fully saturated rings. The van der Waals surface area contributed by atoms with E-state index in [-0.39, 0.29) is 11.5 Å². The van der Waals surface area contributed by atoms with Gasteiger partial charge in [-0.2, -0.15) is 0 Å². The number of rotatable bonds is 6. The molecule has 1 aliphatic heterocycles. The highest BCUT2D eigenvalue weighted by molar-refractivity contribution is 8.00. The molecule has 2 N–H and O–H groups in total. The molecule has 2 amide bonds. The van der Waals surface area contributed by atoms with Crippen LogP contribution in [0.15, 0.2) is 65.1 Å². The van der Waals surface area contributed by atoms with Crippen molar-refractivity contribution in [2.24, 2.45) is 0 Å². The van der Waals surface area contributed by atoms with Crippen molar-refractivity contribution in [1.82, 2.24) is 0 Å². The molecule has 1 aliphatic rings. The Morgan fingerprint density at radius 2 is 1.86 bits per heavy atom. The Bertz CT molecular complexity index is 938. The fourth-order valence-corrected chi connectivity index (χ4v) is 3.67. The number of aliphatic carboxylic acids is 1. The minimum atomic E-state index is -1.13. The molecule has 0 bridgehead atoms. The van der Waals surface area contributed by atoms with Gasteiger partial charge in [0.1, 0.15) is 0 Å². The van der Waals surface area contributed by atoms with Crippen LogP contribution in [0.3, 0.4) is 0 Å². The first-order chi connectivity index (χ1) is 13.4. The lowest BCUT2D eigenvalue weighted by molar-refractivity contribution is -0.132. The van der Waals surface area contributed by atoms with E-state index in [0.29, 0.717) is 18.0 Å². The summed E-state index contributed by atoms with van der Waals surface area (Å²) in [7, 11) is 0. The number of fused-ring (bicyclic) bond motifs is 1. The van der Waals surface area contributed by atoms with E-state index < -0.39 is 11.9 Å². The summed E-state index contributed by atoms with van der Waals surface area (Å²) in [6, 6.07) is 15.0. The predicted molar refractivity (Wildman–Crippen MR) is 110 cm³/mol. The first-order valence-corrected chi connectivity index (χ1v) is 9.76. The summed E-state index contributed by atoms with van der Waals surface area (Å²) in [5.74, 6) is -1.22. The van der Waals surface area contributed by atoms with Crippen LogP contribution in [0.5, 0.6) is 0 Å². The molecule has 7 heteroatoms. The van der Waals surface area contributed by atoms with Crippen molar-refractivity contribution in [3.8, 4) is 0 Å². The van der Waals surface area contributed by atoms with E-state index in [1.807, 2.05) is 35.2 Å². The summed E-state index contributed by atoms with van der Waals surface area (Å²) in [5, 5.41) is 11.4. The van der Waals surface area contributed by atoms with Gasteiger partial charge in [0.25, 0.3) is 0 Å². The Morgan fingerprint density at radius 3 is 2.57 bits per heavy atom. The summed E-state index contributed by atoms with van der Waals surface area (Å²) in [6.45, 7) is 2.07. The number of carboxylic acid groups (broad SMARTS) is 1. The Hall–Kier alpha value is -3.06. The first kappa shape index (κ1) is 19.7. The molecule has 0 spiro atoms. The Balaban J connectivity index is 1.54. The highest BCUT2D eigenvalue weighted by Crippen LogP contribution is 2.29. The minimum Gasteiger partial charge on any atom is -0.478 e. The fourth-order valence-electron chi connectivity index (χ4n) is 2.89. The van der Waals surface area contributed by atoms with E-state index >= 15 is 0 Å². The molecule has 2 aromatic rings. The largest absolute Gasteiger partial charge is 0.478 e. The van der Waals surface area contributed by atoms with Crippen LogP contribution >= 0.6 is 11.8 Å². The van der Waals surface area contributed by atoms with Gasteiger partial charge in [0.05, 0.1) is 5.75 Å². The molecule has 1 heterocycles. The van der Waals surface area contributed by atoms with Crippen LogP contribution < -0.4 is 10.2 Å². The molecule has 2 aromatic carbocycles. The zero-order chi connectivity index (χ0) is 20.1. The summed E-state index contributed by atoms with van der Waals surface area (Å²) in [4.78, 5) is 37.8. The molecule has 0 aliphatic carbocycles. The van der Waals surface area contributed by atoms with Gasteiger partial charge in [0, 0.05) is 34.5 Å². The average Bonchev–Trinajstić information content (AvgIpc) is 3.11. The van der Waals surface area contributed by atoms with Crippen molar-refractivity contribution in [3.63, 3.8) is 0 Å². The molecule has 28 heavy (non-hydrogen) atoms. The lowest BCUT2D eigenvalue weighted by Crippen LogP contribution is -2.30. The molecular weight excluding hydrogens is 376 g/mol. The van der Waals surface area contributed by atoms with Crippen molar-refractivity contribution in [2.75, 3.05) is 22.5 Å². The smallest absolute Gasteiger partial charge is 0.331 e. The number of carbonyl (C=O) groups is 3. The molecule has 0 unspecified atom stereocenters. The number of benzene rings is 2. The quantitative estimate of drug-likeness (QED) is 0.578. The van der Waals surface area contributed by atoms with Crippen LogP contribution in [-0.2, 0) is 20.8 Å². The van der Waals surface area contributed by atoms with Crippen molar-refractivity contribution in [2.45, 2.75) is 18.2 Å². The van der Waals surface area contributed by atoms with Crippen LogP contribution in [0.2, 0.25) is 0 Å². The van der Waals surface area contributed by atoms with E-state index in [2.05, 4.69) is 11.4 Å². The van der Waals surface area contributed by atoms with E-state index in [4.69, 9.17) is 5.11 Å². The molecule has 0 saturated carbocycles. The third-order valence-corrected chi connectivity index (χ3v) is 5.35. The Labute approximate surface area is 167 Å². The summed E-state index contributed by atoms with van der Waals surface area (Å²) < 4.78 is 0. The second-order valence-corrected chi connectivity index (χ2v) is 7.41. The molecule has 6 nitrogen and oxygen atoms in total. The second-order valence-electron chi connectivity index (χ2n) is 6.36. The number of anilines is 2. The maximum Gasteiger partial charge on any atom is 0.331 e. The SMILES string of the molecule is C/C(=C/C(=O)Nc1ccc(SCC(=O)N2CCc3ccccc32)cc1)C(=O)O. The van der Waals surface area contributed by atoms with Gasteiger partial charge in [0.15, 0.2) is 0 Å². The molecule has 0 saturated heterocycles. The van der Waals surface area contributed by atoms with Crippen molar-refractivity contribution >= 4 is 40.9 Å².